The Morgan fingerprint density at radius 1 is 1.22 bits per heavy atom. The molecule has 0 amide bonds. The summed E-state index contributed by atoms with van der Waals surface area (Å²) in [5.74, 6) is 6.17. The minimum Gasteiger partial charge on any atom is -0.338 e. The molecule has 0 aliphatic rings. The molecule has 8 heteroatoms. The number of anilines is 3. The van der Waals surface area contributed by atoms with Crippen molar-refractivity contribution in [1.82, 2.24) is 9.97 Å². The molecular formula is C10H8Br2ClN5. The first-order valence-corrected chi connectivity index (χ1v) is 6.78. The van der Waals surface area contributed by atoms with E-state index in [4.69, 9.17) is 17.4 Å². The van der Waals surface area contributed by atoms with Crippen molar-refractivity contribution in [3.8, 4) is 0 Å². The second-order valence-corrected chi connectivity index (χ2v) is 5.43. The molecule has 94 valence electrons. The lowest BCUT2D eigenvalue weighted by Crippen LogP contribution is -2.11. The van der Waals surface area contributed by atoms with Crippen LogP contribution in [0.2, 0.25) is 5.02 Å². The fourth-order valence-electron chi connectivity index (χ4n) is 1.25. The van der Waals surface area contributed by atoms with Crippen molar-refractivity contribution in [1.29, 1.82) is 0 Å². The highest BCUT2D eigenvalue weighted by atomic mass is 79.9. The average Bonchev–Trinajstić information content (AvgIpc) is 2.36. The average molecular weight is 393 g/mol. The van der Waals surface area contributed by atoms with Gasteiger partial charge in [-0.3, -0.25) is 5.43 Å². The van der Waals surface area contributed by atoms with Gasteiger partial charge in [0, 0.05) is 15.7 Å². The zero-order valence-electron chi connectivity index (χ0n) is 8.92. The van der Waals surface area contributed by atoms with Crippen LogP contribution in [0.1, 0.15) is 0 Å². The van der Waals surface area contributed by atoms with E-state index in [1.165, 1.54) is 0 Å². The van der Waals surface area contributed by atoms with Gasteiger partial charge in [0.2, 0.25) is 5.95 Å². The number of hydrogen-bond acceptors (Lipinski definition) is 5. The zero-order valence-corrected chi connectivity index (χ0v) is 12.8. The Bertz CT molecular complexity index is 578. The Labute approximate surface area is 125 Å². The predicted octanol–water partition coefficient (Wildman–Crippen LogP) is 3.68. The van der Waals surface area contributed by atoms with Gasteiger partial charge in [0.05, 0.1) is 10.2 Å². The molecule has 2 rings (SSSR count). The van der Waals surface area contributed by atoms with Crippen LogP contribution in [0.25, 0.3) is 0 Å². The second kappa shape index (κ2) is 5.83. The van der Waals surface area contributed by atoms with Gasteiger partial charge < -0.3 is 5.32 Å². The molecule has 0 bridgehead atoms. The molecular weight excluding hydrogens is 385 g/mol. The van der Waals surface area contributed by atoms with Crippen molar-refractivity contribution in [2.45, 2.75) is 0 Å². The maximum Gasteiger partial charge on any atom is 0.239 e. The third-order valence-corrected chi connectivity index (χ3v) is 3.56. The van der Waals surface area contributed by atoms with Crippen LogP contribution in [0, 0.1) is 0 Å². The lowest BCUT2D eigenvalue weighted by Gasteiger charge is -2.10. The van der Waals surface area contributed by atoms with Crippen molar-refractivity contribution < 1.29 is 0 Å². The molecule has 0 unspecified atom stereocenters. The molecule has 0 atom stereocenters. The number of rotatable bonds is 3. The highest BCUT2D eigenvalue weighted by Gasteiger charge is 2.07. The maximum atomic E-state index is 5.94. The number of aromatic nitrogens is 2. The summed E-state index contributed by atoms with van der Waals surface area (Å²) in [5, 5.41) is 3.76. The highest BCUT2D eigenvalue weighted by molar-refractivity contribution is 9.11. The van der Waals surface area contributed by atoms with E-state index in [1.54, 1.807) is 18.3 Å². The van der Waals surface area contributed by atoms with Crippen molar-refractivity contribution in [3.63, 3.8) is 0 Å². The first kappa shape index (κ1) is 13.5. The highest BCUT2D eigenvalue weighted by Crippen LogP contribution is 2.30. The van der Waals surface area contributed by atoms with Crippen LogP contribution in [0.4, 0.5) is 17.5 Å². The zero-order chi connectivity index (χ0) is 13.1. The van der Waals surface area contributed by atoms with E-state index < -0.39 is 0 Å². The van der Waals surface area contributed by atoms with Crippen molar-refractivity contribution >= 4 is 60.9 Å². The van der Waals surface area contributed by atoms with E-state index >= 15 is 0 Å². The molecule has 0 saturated carbocycles. The van der Waals surface area contributed by atoms with Crippen LogP contribution in [0.15, 0.2) is 33.3 Å². The van der Waals surface area contributed by atoms with E-state index in [0.29, 0.717) is 21.3 Å². The van der Waals surface area contributed by atoms with Gasteiger partial charge in [-0.05, 0) is 50.1 Å². The Hall–Kier alpha value is -0.890. The molecule has 4 N–H and O–H groups in total. The summed E-state index contributed by atoms with van der Waals surface area (Å²) in [6.07, 6.45) is 1.60. The summed E-state index contributed by atoms with van der Waals surface area (Å²) in [7, 11) is 0. The molecule has 18 heavy (non-hydrogen) atoms. The summed E-state index contributed by atoms with van der Waals surface area (Å²) in [4.78, 5) is 8.15. The number of halogens is 3. The molecule has 0 saturated heterocycles. The number of hydrazine groups is 1. The Kier molecular flexibility index (Phi) is 4.39. The van der Waals surface area contributed by atoms with Crippen LogP contribution < -0.4 is 16.6 Å². The normalized spacial score (nSPS) is 10.2. The van der Waals surface area contributed by atoms with Gasteiger partial charge in [-0.2, -0.15) is 4.98 Å². The molecule has 0 aliphatic carbocycles. The van der Waals surface area contributed by atoms with Crippen LogP contribution in [-0.2, 0) is 0 Å². The maximum absolute atomic E-state index is 5.94. The Morgan fingerprint density at radius 2 is 2.00 bits per heavy atom. The molecule has 1 heterocycles. The van der Waals surface area contributed by atoms with Crippen LogP contribution in [0.3, 0.4) is 0 Å². The molecule has 0 spiro atoms. The molecule has 0 aliphatic heterocycles. The summed E-state index contributed by atoms with van der Waals surface area (Å²) in [6, 6.07) is 5.43. The second-order valence-electron chi connectivity index (χ2n) is 3.28. The van der Waals surface area contributed by atoms with Gasteiger partial charge in [-0.25, -0.2) is 10.8 Å². The van der Waals surface area contributed by atoms with Crippen molar-refractivity contribution in [3.05, 3.63) is 38.4 Å². The van der Waals surface area contributed by atoms with E-state index in [9.17, 15) is 0 Å². The molecule has 1 aromatic heterocycles. The quantitative estimate of drug-likeness (QED) is 0.548. The number of nitrogens with one attached hydrogen (secondary N) is 2. The Morgan fingerprint density at radius 3 is 2.72 bits per heavy atom. The van der Waals surface area contributed by atoms with E-state index in [-0.39, 0.29) is 0 Å². The number of nitrogen functional groups attached to an aromatic ring is 1. The SMILES string of the molecule is NNc1ncc(Br)c(Nc2cc(Cl)ccc2Br)n1. The van der Waals surface area contributed by atoms with Gasteiger partial charge in [-0.15, -0.1) is 0 Å². The number of hydrogen-bond donors (Lipinski definition) is 3. The fourth-order valence-corrected chi connectivity index (χ4v) is 2.05. The van der Waals surface area contributed by atoms with E-state index in [1.807, 2.05) is 6.07 Å². The standard InChI is InChI=1S/C10H8Br2ClN5/c11-6-2-1-5(13)3-8(6)16-9-7(12)4-15-10(17-9)18-14/h1-4H,14H2,(H2,15,16,17,18). The number of nitrogens with zero attached hydrogens (tertiary/aromatic N) is 2. The van der Waals surface area contributed by atoms with E-state index in [0.717, 1.165) is 10.2 Å². The Balaban J connectivity index is 2.36. The number of nitrogens with two attached hydrogens (primary N) is 1. The summed E-state index contributed by atoms with van der Waals surface area (Å²) in [5.41, 5.74) is 3.18. The van der Waals surface area contributed by atoms with Gasteiger partial charge in [0.15, 0.2) is 0 Å². The van der Waals surface area contributed by atoms with Gasteiger partial charge in [0.1, 0.15) is 5.82 Å². The minimum atomic E-state index is 0.318. The molecule has 5 nitrogen and oxygen atoms in total. The topological polar surface area (TPSA) is 75.9 Å². The van der Waals surface area contributed by atoms with Crippen molar-refractivity contribution in [2.75, 3.05) is 10.7 Å². The minimum absolute atomic E-state index is 0.318. The molecule has 0 radical (unpaired) electrons. The monoisotopic (exact) mass is 391 g/mol. The lowest BCUT2D eigenvalue weighted by molar-refractivity contribution is 1.11. The largest absolute Gasteiger partial charge is 0.338 e. The van der Waals surface area contributed by atoms with E-state index in [2.05, 4.69) is 52.6 Å². The van der Waals surface area contributed by atoms with Crippen LogP contribution in [0.5, 0.6) is 0 Å². The smallest absolute Gasteiger partial charge is 0.239 e. The van der Waals surface area contributed by atoms with Crippen LogP contribution >= 0.6 is 43.5 Å². The first-order chi connectivity index (χ1) is 8.60. The van der Waals surface area contributed by atoms with Gasteiger partial charge in [0.25, 0.3) is 0 Å². The third-order valence-electron chi connectivity index (χ3n) is 2.05. The summed E-state index contributed by atoms with van der Waals surface area (Å²) >= 11 is 12.7. The van der Waals surface area contributed by atoms with Crippen LogP contribution in [-0.4, -0.2) is 9.97 Å². The molecule has 1 aromatic carbocycles. The van der Waals surface area contributed by atoms with Crippen molar-refractivity contribution in [2.24, 2.45) is 5.84 Å². The predicted molar refractivity (Wildman–Crippen MR) is 80.0 cm³/mol. The number of benzene rings is 1. The molecule has 2 aromatic rings. The third kappa shape index (κ3) is 3.11. The van der Waals surface area contributed by atoms with Gasteiger partial charge >= 0.3 is 0 Å². The molecule has 0 fully saturated rings. The first-order valence-electron chi connectivity index (χ1n) is 4.81. The summed E-state index contributed by atoms with van der Waals surface area (Å²) in [6.45, 7) is 0. The van der Waals surface area contributed by atoms with Gasteiger partial charge in [-0.1, -0.05) is 11.6 Å². The lowest BCUT2D eigenvalue weighted by atomic mass is 10.3. The summed E-state index contributed by atoms with van der Waals surface area (Å²) < 4.78 is 1.59. The fraction of sp³-hybridized carbons (Fsp3) is 0.